The first kappa shape index (κ1) is 20.1. The van der Waals surface area contributed by atoms with Gasteiger partial charge in [0.1, 0.15) is 6.54 Å². The van der Waals surface area contributed by atoms with E-state index < -0.39 is 11.2 Å². The van der Waals surface area contributed by atoms with Gasteiger partial charge in [-0.3, -0.25) is 28.6 Å². The Balaban J connectivity index is 1.53. The Morgan fingerprint density at radius 1 is 1.17 bits per heavy atom. The molecule has 156 valence electrons. The Morgan fingerprint density at radius 3 is 2.70 bits per heavy atom. The zero-order chi connectivity index (χ0) is 21.3. The SMILES string of the molecule is Cn1c(=O)c2c(ncn2CC(=O)N2CCSC2=NCCc2ccccc2)n(C)c1=O. The number of hydrogen-bond acceptors (Lipinski definition) is 6. The number of amides is 1. The maximum atomic E-state index is 13.0. The van der Waals surface area contributed by atoms with Crippen molar-refractivity contribution in [1.29, 1.82) is 0 Å². The fraction of sp³-hybridized carbons (Fsp3) is 0.350. The molecule has 2 aromatic heterocycles. The summed E-state index contributed by atoms with van der Waals surface area (Å²) in [6, 6.07) is 10.1. The van der Waals surface area contributed by atoms with E-state index in [-0.39, 0.29) is 23.6 Å². The quantitative estimate of drug-likeness (QED) is 0.596. The summed E-state index contributed by atoms with van der Waals surface area (Å²) in [4.78, 5) is 48.0. The molecule has 0 aliphatic carbocycles. The highest BCUT2D eigenvalue weighted by molar-refractivity contribution is 8.14. The predicted octanol–water partition coefficient (Wildman–Crippen LogP) is 0.608. The molecule has 0 spiro atoms. The molecule has 3 aromatic rings. The molecule has 0 saturated carbocycles. The van der Waals surface area contributed by atoms with Gasteiger partial charge in [-0.05, 0) is 12.0 Å². The third-order valence-corrected chi connectivity index (χ3v) is 6.09. The Morgan fingerprint density at radius 2 is 1.93 bits per heavy atom. The van der Waals surface area contributed by atoms with Gasteiger partial charge in [0.05, 0.1) is 6.33 Å². The Bertz CT molecular complexity index is 1240. The van der Waals surface area contributed by atoms with Crippen LogP contribution >= 0.6 is 11.8 Å². The number of amidine groups is 1. The van der Waals surface area contributed by atoms with Crippen LogP contribution in [0.5, 0.6) is 0 Å². The van der Waals surface area contributed by atoms with Crippen LogP contribution in [0.4, 0.5) is 0 Å². The second kappa shape index (κ2) is 8.31. The first-order valence-corrected chi connectivity index (χ1v) is 10.6. The van der Waals surface area contributed by atoms with E-state index in [2.05, 4.69) is 22.1 Å². The fourth-order valence-electron chi connectivity index (χ4n) is 3.44. The molecule has 1 aliphatic rings. The van der Waals surface area contributed by atoms with Gasteiger partial charge in [0.25, 0.3) is 5.56 Å². The number of fused-ring (bicyclic) bond motifs is 1. The van der Waals surface area contributed by atoms with Crippen LogP contribution in [0.2, 0.25) is 0 Å². The lowest BCUT2D eigenvalue weighted by Crippen LogP contribution is -2.38. The molecule has 0 bridgehead atoms. The number of aliphatic imine (C=N–C) groups is 1. The minimum Gasteiger partial charge on any atom is -0.315 e. The number of imidazole rings is 1. The van der Waals surface area contributed by atoms with Crippen molar-refractivity contribution in [3.05, 3.63) is 63.1 Å². The molecule has 30 heavy (non-hydrogen) atoms. The highest BCUT2D eigenvalue weighted by Crippen LogP contribution is 2.19. The average Bonchev–Trinajstić information content (AvgIpc) is 3.39. The Labute approximate surface area is 176 Å². The standard InChI is InChI=1S/C20H22N6O3S/c1-23-17-16(18(28)24(2)20(23)29)25(13-22-17)12-15(27)26-10-11-30-19(26)21-9-8-14-6-4-3-5-7-14/h3-7,13H,8-12H2,1-2H3. The van der Waals surface area contributed by atoms with Crippen molar-refractivity contribution in [2.75, 3.05) is 18.8 Å². The lowest BCUT2D eigenvalue weighted by atomic mass is 10.2. The highest BCUT2D eigenvalue weighted by Gasteiger charge is 2.26. The number of benzene rings is 1. The minimum atomic E-state index is -0.467. The molecule has 10 heteroatoms. The summed E-state index contributed by atoms with van der Waals surface area (Å²) in [7, 11) is 2.97. The summed E-state index contributed by atoms with van der Waals surface area (Å²) >= 11 is 1.56. The number of thioether (sulfide) groups is 1. The number of rotatable bonds is 5. The smallest absolute Gasteiger partial charge is 0.315 e. The third-order valence-electron chi connectivity index (χ3n) is 5.09. The number of hydrogen-bond donors (Lipinski definition) is 0. The Kier molecular flexibility index (Phi) is 5.58. The molecule has 1 aromatic carbocycles. The van der Waals surface area contributed by atoms with Crippen LogP contribution < -0.4 is 11.2 Å². The molecule has 1 aliphatic heterocycles. The van der Waals surface area contributed by atoms with Crippen LogP contribution in [0, 0.1) is 0 Å². The number of nitrogens with zero attached hydrogens (tertiary/aromatic N) is 6. The topological polar surface area (TPSA) is 94.5 Å². The molecule has 3 heterocycles. The van der Waals surface area contributed by atoms with E-state index in [1.165, 1.54) is 28.1 Å². The lowest BCUT2D eigenvalue weighted by molar-refractivity contribution is -0.127. The largest absolute Gasteiger partial charge is 0.332 e. The third kappa shape index (κ3) is 3.70. The fourth-order valence-corrected chi connectivity index (χ4v) is 4.43. The van der Waals surface area contributed by atoms with Gasteiger partial charge in [0.2, 0.25) is 5.91 Å². The second-order valence-corrected chi connectivity index (χ2v) is 8.11. The maximum absolute atomic E-state index is 13.0. The van der Waals surface area contributed by atoms with E-state index in [4.69, 9.17) is 0 Å². The van der Waals surface area contributed by atoms with Gasteiger partial charge in [-0.25, -0.2) is 9.78 Å². The number of carbonyl (C=O) groups is 1. The summed E-state index contributed by atoms with van der Waals surface area (Å²) in [5.74, 6) is 0.630. The van der Waals surface area contributed by atoms with Crippen LogP contribution in [0.3, 0.4) is 0 Å². The number of carbonyl (C=O) groups excluding carboxylic acids is 1. The molecule has 1 saturated heterocycles. The van der Waals surface area contributed by atoms with E-state index in [1.807, 2.05) is 18.2 Å². The number of aromatic nitrogens is 4. The molecule has 1 amide bonds. The van der Waals surface area contributed by atoms with Crippen LogP contribution in [-0.2, 0) is 31.9 Å². The zero-order valence-electron chi connectivity index (χ0n) is 16.8. The summed E-state index contributed by atoms with van der Waals surface area (Å²) in [6.07, 6.45) is 2.24. The van der Waals surface area contributed by atoms with Crippen molar-refractivity contribution >= 4 is 34.0 Å². The van der Waals surface area contributed by atoms with Gasteiger partial charge >= 0.3 is 5.69 Å². The zero-order valence-corrected chi connectivity index (χ0v) is 17.6. The van der Waals surface area contributed by atoms with Crippen molar-refractivity contribution in [3.8, 4) is 0 Å². The molecular weight excluding hydrogens is 404 g/mol. The van der Waals surface area contributed by atoms with E-state index in [9.17, 15) is 14.4 Å². The van der Waals surface area contributed by atoms with Crippen molar-refractivity contribution in [2.45, 2.75) is 13.0 Å². The highest BCUT2D eigenvalue weighted by atomic mass is 32.2. The van der Waals surface area contributed by atoms with Crippen molar-refractivity contribution in [3.63, 3.8) is 0 Å². The summed E-state index contributed by atoms with van der Waals surface area (Å²) in [6.45, 7) is 1.14. The molecule has 1 fully saturated rings. The lowest BCUT2D eigenvalue weighted by Gasteiger charge is -2.16. The van der Waals surface area contributed by atoms with Crippen LogP contribution in [0.25, 0.3) is 11.2 Å². The van der Waals surface area contributed by atoms with Gasteiger partial charge < -0.3 is 4.57 Å². The van der Waals surface area contributed by atoms with Crippen molar-refractivity contribution < 1.29 is 4.79 Å². The van der Waals surface area contributed by atoms with Gasteiger partial charge in [0, 0.05) is 32.9 Å². The van der Waals surface area contributed by atoms with E-state index in [0.29, 0.717) is 18.3 Å². The van der Waals surface area contributed by atoms with E-state index in [1.54, 1.807) is 23.7 Å². The molecule has 0 radical (unpaired) electrons. The van der Waals surface area contributed by atoms with Gasteiger partial charge in [-0.2, -0.15) is 0 Å². The normalized spacial score (nSPS) is 15.4. The molecule has 0 unspecified atom stereocenters. The van der Waals surface area contributed by atoms with Gasteiger partial charge in [-0.15, -0.1) is 0 Å². The second-order valence-electron chi connectivity index (χ2n) is 7.04. The van der Waals surface area contributed by atoms with E-state index in [0.717, 1.165) is 16.7 Å². The summed E-state index contributed by atoms with van der Waals surface area (Å²) in [5.41, 5.74) is 0.790. The number of aryl methyl sites for hydroxylation is 1. The summed E-state index contributed by atoms with van der Waals surface area (Å²) in [5, 5.41) is 0.709. The van der Waals surface area contributed by atoms with E-state index >= 15 is 0 Å². The Hall–Kier alpha value is -3.14. The van der Waals surface area contributed by atoms with Crippen molar-refractivity contribution in [1.82, 2.24) is 23.6 Å². The first-order chi connectivity index (χ1) is 14.5. The minimum absolute atomic E-state index is 0.0395. The molecule has 4 rings (SSSR count). The molecule has 0 N–H and O–H groups in total. The molecular formula is C20H22N6O3S. The van der Waals surface area contributed by atoms with Gasteiger partial charge in [-0.1, -0.05) is 42.1 Å². The monoisotopic (exact) mass is 426 g/mol. The van der Waals surface area contributed by atoms with Crippen molar-refractivity contribution in [2.24, 2.45) is 19.1 Å². The van der Waals surface area contributed by atoms with Crippen LogP contribution in [0.15, 0.2) is 51.2 Å². The average molecular weight is 427 g/mol. The predicted molar refractivity (Wildman–Crippen MR) is 117 cm³/mol. The molecule has 0 atom stereocenters. The summed E-state index contributed by atoms with van der Waals surface area (Å²) < 4.78 is 3.83. The van der Waals surface area contributed by atoms with Crippen LogP contribution in [0.1, 0.15) is 5.56 Å². The maximum Gasteiger partial charge on any atom is 0.332 e. The van der Waals surface area contributed by atoms with Crippen LogP contribution in [-0.4, -0.2) is 53.5 Å². The molecule has 9 nitrogen and oxygen atoms in total. The van der Waals surface area contributed by atoms with Gasteiger partial charge in [0.15, 0.2) is 16.3 Å². The first-order valence-electron chi connectivity index (χ1n) is 9.59.